The molecule has 5 heteroatoms. The van der Waals surface area contributed by atoms with Crippen LogP contribution in [0.2, 0.25) is 0 Å². The maximum absolute atomic E-state index is 11.7. The Kier molecular flexibility index (Phi) is 3.82. The Morgan fingerprint density at radius 1 is 1.53 bits per heavy atom. The van der Waals surface area contributed by atoms with E-state index in [4.69, 9.17) is 11.5 Å². The van der Waals surface area contributed by atoms with Crippen LogP contribution in [0.4, 0.5) is 0 Å². The Morgan fingerprint density at radius 2 is 2.20 bits per heavy atom. The van der Waals surface area contributed by atoms with Crippen LogP contribution in [0.3, 0.4) is 0 Å². The van der Waals surface area contributed by atoms with E-state index < -0.39 is 17.5 Å². The minimum Gasteiger partial charge on any atom is -0.391 e. The number of hydrogen-bond donors (Lipinski definition) is 2. The first kappa shape index (κ1) is 12.1. The molecule has 1 aliphatic rings. The highest BCUT2D eigenvalue weighted by molar-refractivity contribution is 5.92. The molecule has 1 rings (SSSR count). The maximum atomic E-state index is 11.7. The van der Waals surface area contributed by atoms with Crippen molar-refractivity contribution >= 4 is 11.9 Å². The summed E-state index contributed by atoms with van der Waals surface area (Å²) in [5.74, 6) is -1.23. The molecule has 0 aromatic carbocycles. The van der Waals surface area contributed by atoms with Gasteiger partial charge in [-0.2, -0.15) is 0 Å². The average molecular weight is 214 g/mol. The van der Waals surface area contributed by atoms with Crippen LogP contribution < -0.4 is 11.5 Å². The van der Waals surface area contributed by atoms with Crippen LogP contribution in [0.25, 0.3) is 0 Å². The van der Waals surface area contributed by atoms with Gasteiger partial charge >= 0.3 is 11.9 Å². The molecule has 2 unspecified atom stereocenters. The Morgan fingerprint density at radius 3 is 2.73 bits per heavy atom. The average Bonchev–Trinajstić information content (AvgIpc) is 2.60. The number of hydrogen-bond acceptors (Lipinski definition) is 5. The van der Waals surface area contributed by atoms with Gasteiger partial charge in [0, 0.05) is 0 Å². The molecule has 0 aromatic heterocycles. The topological polar surface area (TPSA) is 95.4 Å². The molecule has 86 valence electrons. The van der Waals surface area contributed by atoms with Gasteiger partial charge in [0.1, 0.15) is 5.54 Å². The van der Waals surface area contributed by atoms with Gasteiger partial charge in [0.15, 0.2) is 0 Å². The van der Waals surface area contributed by atoms with E-state index in [0.717, 1.165) is 19.3 Å². The number of ether oxygens (including phenoxy) is 1. The molecule has 0 radical (unpaired) electrons. The molecule has 0 bridgehead atoms. The summed E-state index contributed by atoms with van der Waals surface area (Å²) in [6, 6.07) is 0. The molecule has 0 saturated heterocycles. The Labute approximate surface area is 89.1 Å². The Balaban J connectivity index is 2.68. The molecular formula is C10H18N2O3. The van der Waals surface area contributed by atoms with Gasteiger partial charge in [-0.1, -0.05) is 19.8 Å². The third-order valence-corrected chi connectivity index (χ3v) is 3.12. The summed E-state index contributed by atoms with van der Waals surface area (Å²) in [6.45, 7) is 1.69. The lowest BCUT2D eigenvalue weighted by Crippen LogP contribution is -2.52. The van der Waals surface area contributed by atoms with Gasteiger partial charge in [-0.15, -0.1) is 0 Å². The third kappa shape index (κ3) is 2.35. The lowest BCUT2D eigenvalue weighted by atomic mass is 9.86. The van der Waals surface area contributed by atoms with Crippen LogP contribution in [0.5, 0.6) is 0 Å². The standard InChI is InChI=1S/C10H18N2O3/c1-2-7-4-3-5-10(7,12)9(14)15-8(13)6-11/h7H,2-6,11-12H2,1H3. The van der Waals surface area contributed by atoms with E-state index in [9.17, 15) is 9.59 Å². The quantitative estimate of drug-likeness (QED) is 0.506. The summed E-state index contributed by atoms with van der Waals surface area (Å²) < 4.78 is 4.59. The normalized spacial score (nSPS) is 30.2. The summed E-state index contributed by atoms with van der Waals surface area (Å²) in [7, 11) is 0. The molecular weight excluding hydrogens is 196 g/mol. The fraction of sp³-hybridized carbons (Fsp3) is 0.800. The number of rotatable bonds is 3. The molecule has 4 N–H and O–H groups in total. The second-order valence-electron chi connectivity index (χ2n) is 4.00. The highest BCUT2D eigenvalue weighted by Crippen LogP contribution is 2.36. The summed E-state index contributed by atoms with van der Waals surface area (Å²) in [5, 5.41) is 0. The van der Waals surface area contributed by atoms with Crippen molar-refractivity contribution in [2.45, 2.75) is 38.1 Å². The van der Waals surface area contributed by atoms with Crippen molar-refractivity contribution in [3.05, 3.63) is 0 Å². The van der Waals surface area contributed by atoms with Gasteiger partial charge < -0.3 is 16.2 Å². The van der Waals surface area contributed by atoms with E-state index in [-0.39, 0.29) is 12.5 Å². The van der Waals surface area contributed by atoms with Crippen LogP contribution in [-0.4, -0.2) is 24.0 Å². The first-order valence-electron chi connectivity index (χ1n) is 5.28. The second kappa shape index (κ2) is 4.72. The van der Waals surface area contributed by atoms with Gasteiger partial charge in [0.2, 0.25) is 0 Å². The minimum absolute atomic E-state index is 0.107. The molecule has 1 aliphatic carbocycles. The predicted octanol–water partition coefficient (Wildman–Crippen LogP) is -0.0775. The zero-order valence-corrected chi connectivity index (χ0v) is 8.99. The molecule has 15 heavy (non-hydrogen) atoms. The zero-order valence-electron chi connectivity index (χ0n) is 8.99. The van der Waals surface area contributed by atoms with Crippen LogP contribution in [0, 0.1) is 5.92 Å². The van der Waals surface area contributed by atoms with Crippen molar-refractivity contribution in [2.75, 3.05) is 6.54 Å². The van der Waals surface area contributed by atoms with Crippen molar-refractivity contribution in [1.82, 2.24) is 0 Å². The molecule has 2 atom stereocenters. The molecule has 0 aliphatic heterocycles. The van der Waals surface area contributed by atoms with Crippen LogP contribution in [-0.2, 0) is 14.3 Å². The molecule has 1 saturated carbocycles. The smallest absolute Gasteiger partial charge is 0.334 e. The molecule has 0 aromatic rings. The van der Waals surface area contributed by atoms with Crippen molar-refractivity contribution in [1.29, 1.82) is 0 Å². The summed E-state index contributed by atoms with van der Waals surface area (Å²) in [4.78, 5) is 22.6. The van der Waals surface area contributed by atoms with E-state index in [1.54, 1.807) is 0 Å². The highest BCUT2D eigenvalue weighted by atomic mass is 16.6. The minimum atomic E-state index is -0.987. The van der Waals surface area contributed by atoms with Crippen LogP contribution >= 0.6 is 0 Å². The van der Waals surface area contributed by atoms with Crippen molar-refractivity contribution in [3.8, 4) is 0 Å². The summed E-state index contributed by atoms with van der Waals surface area (Å²) in [6.07, 6.45) is 3.23. The van der Waals surface area contributed by atoms with Gasteiger partial charge in [-0.05, 0) is 18.8 Å². The number of carbonyl (C=O) groups excluding carboxylic acids is 2. The fourth-order valence-corrected chi connectivity index (χ4v) is 2.18. The zero-order chi connectivity index (χ0) is 11.5. The van der Waals surface area contributed by atoms with Crippen LogP contribution in [0.1, 0.15) is 32.6 Å². The number of carbonyl (C=O) groups is 2. The molecule has 0 spiro atoms. The van der Waals surface area contributed by atoms with E-state index in [0.29, 0.717) is 6.42 Å². The summed E-state index contributed by atoms with van der Waals surface area (Å²) in [5.41, 5.74) is 10.1. The van der Waals surface area contributed by atoms with Gasteiger partial charge in [0.05, 0.1) is 6.54 Å². The largest absolute Gasteiger partial charge is 0.391 e. The molecule has 0 heterocycles. The van der Waals surface area contributed by atoms with Crippen LogP contribution in [0.15, 0.2) is 0 Å². The summed E-state index contributed by atoms with van der Waals surface area (Å²) >= 11 is 0. The van der Waals surface area contributed by atoms with E-state index >= 15 is 0 Å². The van der Waals surface area contributed by atoms with Gasteiger partial charge in [-0.3, -0.25) is 4.79 Å². The van der Waals surface area contributed by atoms with E-state index in [1.807, 2.05) is 6.92 Å². The lowest BCUT2D eigenvalue weighted by molar-refractivity contribution is -0.163. The number of nitrogens with two attached hydrogens (primary N) is 2. The predicted molar refractivity (Wildman–Crippen MR) is 54.7 cm³/mol. The molecule has 0 amide bonds. The van der Waals surface area contributed by atoms with Crippen molar-refractivity contribution in [2.24, 2.45) is 17.4 Å². The third-order valence-electron chi connectivity index (χ3n) is 3.12. The SMILES string of the molecule is CCC1CCCC1(N)C(=O)OC(=O)CN. The van der Waals surface area contributed by atoms with Gasteiger partial charge in [0.25, 0.3) is 0 Å². The first-order valence-corrected chi connectivity index (χ1v) is 5.28. The van der Waals surface area contributed by atoms with Crippen molar-refractivity contribution in [3.63, 3.8) is 0 Å². The highest BCUT2D eigenvalue weighted by Gasteiger charge is 2.46. The molecule has 1 fully saturated rings. The second-order valence-corrected chi connectivity index (χ2v) is 4.00. The monoisotopic (exact) mass is 214 g/mol. The lowest BCUT2D eigenvalue weighted by Gasteiger charge is -2.27. The first-order chi connectivity index (χ1) is 7.04. The van der Waals surface area contributed by atoms with Gasteiger partial charge in [-0.25, -0.2) is 4.79 Å². The van der Waals surface area contributed by atoms with E-state index in [2.05, 4.69) is 4.74 Å². The maximum Gasteiger partial charge on any atom is 0.334 e. The number of esters is 2. The fourth-order valence-electron chi connectivity index (χ4n) is 2.18. The Bertz CT molecular complexity index is 267. The van der Waals surface area contributed by atoms with E-state index in [1.165, 1.54) is 0 Å². The Hall–Kier alpha value is -0.940. The molecule has 5 nitrogen and oxygen atoms in total. The van der Waals surface area contributed by atoms with Crippen molar-refractivity contribution < 1.29 is 14.3 Å².